The van der Waals surface area contributed by atoms with Crippen LogP contribution in [0.2, 0.25) is 0 Å². The smallest absolute Gasteiger partial charge is 0.263 e. The molecule has 0 aliphatic heterocycles. The molecule has 3 aromatic rings. The molecule has 4 rings (SSSR count). The molecule has 1 aliphatic rings. The number of benzene rings is 1. The zero-order chi connectivity index (χ0) is 20.4. The van der Waals surface area contributed by atoms with E-state index in [1.807, 2.05) is 13.0 Å². The molecule has 0 saturated heterocycles. The van der Waals surface area contributed by atoms with Gasteiger partial charge < -0.3 is 10.1 Å². The number of hydrogen-bond donors (Lipinski definition) is 1. The zero-order valence-corrected chi connectivity index (χ0v) is 16.6. The number of nitrogens with zero attached hydrogens (tertiary/aromatic N) is 3. The van der Waals surface area contributed by atoms with E-state index in [4.69, 9.17) is 4.74 Å². The summed E-state index contributed by atoms with van der Waals surface area (Å²) in [6, 6.07) is 8.37. The third kappa shape index (κ3) is 3.72. The highest BCUT2D eigenvalue weighted by atomic mass is 16.5. The van der Waals surface area contributed by atoms with Crippen LogP contribution in [0.5, 0.6) is 5.75 Å². The Labute approximate surface area is 168 Å². The molecule has 0 radical (unpaired) electrons. The fourth-order valence-electron chi connectivity index (χ4n) is 3.84. The van der Waals surface area contributed by atoms with Crippen molar-refractivity contribution in [3.63, 3.8) is 0 Å². The van der Waals surface area contributed by atoms with Crippen LogP contribution in [0.1, 0.15) is 43.5 Å². The number of aryl methyl sites for hydroxylation is 2. The lowest BCUT2D eigenvalue weighted by Crippen LogP contribution is -2.33. The first-order valence-electron chi connectivity index (χ1n) is 9.95. The minimum Gasteiger partial charge on any atom is -0.497 e. The Morgan fingerprint density at radius 3 is 2.90 bits per heavy atom. The Kier molecular flexibility index (Phi) is 5.29. The summed E-state index contributed by atoms with van der Waals surface area (Å²) in [7, 11) is 1.57. The van der Waals surface area contributed by atoms with Crippen LogP contribution in [-0.2, 0) is 17.6 Å². The van der Waals surface area contributed by atoms with Crippen LogP contribution in [0.4, 0.5) is 5.69 Å². The molecule has 0 bridgehead atoms. The molecule has 0 fully saturated rings. The second kappa shape index (κ2) is 8.03. The van der Waals surface area contributed by atoms with Crippen LogP contribution in [-0.4, -0.2) is 27.6 Å². The van der Waals surface area contributed by atoms with Gasteiger partial charge in [0.15, 0.2) is 5.65 Å². The number of anilines is 1. The summed E-state index contributed by atoms with van der Waals surface area (Å²) in [6.45, 7) is 1.87. The Hall–Kier alpha value is -3.22. The van der Waals surface area contributed by atoms with Gasteiger partial charge in [0.05, 0.1) is 12.5 Å². The van der Waals surface area contributed by atoms with E-state index in [1.165, 1.54) is 10.9 Å². The van der Waals surface area contributed by atoms with Crippen LogP contribution >= 0.6 is 0 Å². The molecule has 7 nitrogen and oxygen atoms in total. The van der Waals surface area contributed by atoms with Crippen molar-refractivity contribution < 1.29 is 9.53 Å². The van der Waals surface area contributed by atoms with Crippen LogP contribution in [0.15, 0.2) is 41.5 Å². The molecule has 7 heteroatoms. The fraction of sp³-hybridized carbons (Fsp3) is 0.364. The second-order valence-electron chi connectivity index (χ2n) is 7.27. The molecule has 2 aromatic heterocycles. The molecule has 1 unspecified atom stereocenters. The number of amides is 1. The molecule has 2 heterocycles. The van der Waals surface area contributed by atoms with Crippen LogP contribution < -0.4 is 15.6 Å². The summed E-state index contributed by atoms with van der Waals surface area (Å²) in [6.07, 6.45) is 5.98. The van der Waals surface area contributed by atoms with Gasteiger partial charge in [-0.05, 0) is 55.9 Å². The first-order chi connectivity index (χ1) is 14.1. The lowest BCUT2D eigenvalue weighted by atomic mass is 9.95. The first-order valence-corrected chi connectivity index (χ1v) is 9.95. The SMILES string of the molecule is CCC(C(=O)Nc1cccc(OC)c1)n1cnc2nc3c(cc2c1=O)CCCC3. The number of fused-ring (bicyclic) bond motifs is 2. The molecule has 1 atom stereocenters. The number of hydrogen-bond acceptors (Lipinski definition) is 5. The number of nitrogens with one attached hydrogen (secondary N) is 1. The highest BCUT2D eigenvalue weighted by molar-refractivity contribution is 5.94. The van der Waals surface area contributed by atoms with Crippen molar-refractivity contribution in [2.75, 3.05) is 12.4 Å². The predicted octanol–water partition coefficient (Wildman–Crippen LogP) is 3.27. The maximum atomic E-state index is 13.2. The summed E-state index contributed by atoms with van der Waals surface area (Å²) >= 11 is 0. The van der Waals surface area contributed by atoms with Crippen molar-refractivity contribution in [3.05, 3.63) is 58.3 Å². The van der Waals surface area contributed by atoms with Gasteiger partial charge in [-0.1, -0.05) is 13.0 Å². The average Bonchev–Trinajstić information content (AvgIpc) is 2.75. The molecular weight excluding hydrogens is 368 g/mol. The largest absolute Gasteiger partial charge is 0.497 e. The Morgan fingerprint density at radius 2 is 2.10 bits per heavy atom. The molecule has 29 heavy (non-hydrogen) atoms. The van der Waals surface area contributed by atoms with E-state index in [0.717, 1.165) is 36.9 Å². The van der Waals surface area contributed by atoms with E-state index in [0.29, 0.717) is 28.9 Å². The quantitative estimate of drug-likeness (QED) is 0.720. The van der Waals surface area contributed by atoms with E-state index in [9.17, 15) is 9.59 Å². The van der Waals surface area contributed by atoms with E-state index < -0.39 is 6.04 Å². The maximum absolute atomic E-state index is 13.2. The average molecular weight is 392 g/mol. The normalized spacial score (nSPS) is 14.3. The summed E-state index contributed by atoms with van der Waals surface area (Å²) in [5.74, 6) is 0.381. The van der Waals surface area contributed by atoms with E-state index in [-0.39, 0.29) is 11.5 Å². The number of pyridine rings is 1. The third-order valence-electron chi connectivity index (χ3n) is 5.41. The number of carbonyl (C=O) groups excluding carboxylic acids is 1. The summed E-state index contributed by atoms with van der Waals surface area (Å²) < 4.78 is 6.61. The number of ether oxygens (including phenoxy) is 1. The van der Waals surface area contributed by atoms with E-state index >= 15 is 0 Å². The lowest BCUT2D eigenvalue weighted by Gasteiger charge is -2.19. The van der Waals surface area contributed by atoms with Crippen molar-refractivity contribution in [2.24, 2.45) is 0 Å². The molecule has 150 valence electrons. The molecular formula is C22H24N4O3. The van der Waals surface area contributed by atoms with Crippen LogP contribution in [0.25, 0.3) is 11.0 Å². The summed E-state index contributed by atoms with van der Waals surface area (Å²) in [5.41, 5.74) is 2.99. The fourth-order valence-corrected chi connectivity index (χ4v) is 3.84. The van der Waals surface area contributed by atoms with E-state index in [1.54, 1.807) is 31.4 Å². The molecule has 1 aliphatic carbocycles. The zero-order valence-electron chi connectivity index (χ0n) is 16.6. The van der Waals surface area contributed by atoms with Crippen LogP contribution in [0, 0.1) is 0 Å². The minimum absolute atomic E-state index is 0.233. The van der Waals surface area contributed by atoms with E-state index in [2.05, 4.69) is 15.3 Å². The highest BCUT2D eigenvalue weighted by Gasteiger charge is 2.22. The van der Waals surface area contributed by atoms with Gasteiger partial charge >= 0.3 is 0 Å². The third-order valence-corrected chi connectivity index (χ3v) is 5.41. The lowest BCUT2D eigenvalue weighted by molar-refractivity contribution is -0.119. The van der Waals surface area contributed by atoms with Crippen LogP contribution in [0.3, 0.4) is 0 Å². The van der Waals surface area contributed by atoms with Gasteiger partial charge in [-0.15, -0.1) is 0 Å². The monoisotopic (exact) mass is 392 g/mol. The van der Waals surface area contributed by atoms with Crippen molar-refractivity contribution in [3.8, 4) is 5.75 Å². The van der Waals surface area contributed by atoms with Crippen molar-refractivity contribution >= 4 is 22.6 Å². The topological polar surface area (TPSA) is 86.1 Å². The van der Waals surface area contributed by atoms with Gasteiger partial charge in [0.1, 0.15) is 18.1 Å². The summed E-state index contributed by atoms with van der Waals surface area (Å²) in [4.78, 5) is 35.0. The van der Waals surface area contributed by atoms with Gasteiger partial charge in [0.25, 0.3) is 5.56 Å². The van der Waals surface area contributed by atoms with Crippen molar-refractivity contribution in [2.45, 2.75) is 45.1 Å². The second-order valence-corrected chi connectivity index (χ2v) is 7.27. The van der Waals surface area contributed by atoms with Crippen molar-refractivity contribution in [1.82, 2.24) is 14.5 Å². The number of aromatic nitrogens is 3. The Bertz CT molecular complexity index is 1120. The molecule has 1 aromatic carbocycles. The standard InChI is InChI=1S/C22H24N4O3/c1-3-19(21(27)24-15-8-6-9-16(12-15)29-2)26-13-23-20-17(22(26)28)11-14-7-4-5-10-18(14)25-20/h6,8-9,11-13,19H,3-5,7,10H2,1-2H3,(H,24,27). The Morgan fingerprint density at radius 1 is 1.28 bits per heavy atom. The minimum atomic E-state index is -0.665. The Balaban J connectivity index is 1.68. The molecule has 1 amide bonds. The number of rotatable bonds is 5. The summed E-state index contributed by atoms with van der Waals surface area (Å²) in [5, 5.41) is 3.34. The molecule has 1 N–H and O–H groups in total. The van der Waals surface area contributed by atoms with Crippen molar-refractivity contribution in [1.29, 1.82) is 0 Å². The van der Waals surface area contributed by atoms with Gasteiger partial charge in [0, 0.05) is 17.4 Å². The highest BCUT2D eigenvalue weighted by Crippen LogP contribution is 2.23. The van der Waals surface area contributed by atoms with Gasteiger partial charge in [-0.2, -0.15) is 0 Å². The predicted molar refractivity (Wildman–Crippen MR) is 111 cm³/mol. The number of carbonyl (C=O) groups is 1. The molecule has 0 spiro atoms. The van der Waals surface area contributed by atoms with Gasteiger partial charge in [-0.3, -0.25) is 14.2 Å². The molecule has 0 saturated carbocycles. The number of methoxy groups -OCH3 is 1. The van der Waals surface area contributed by atoms with Gasteiger partial charge in [0.2, 0.25) is 5.91 Å². The van der Waals surface area contributed by atoms with Gasteiger partial charge in [-0.25, -0.2) is 9.97 Å². The maximum Gasteiger partial charge on any atom is 0.263 e. The first kappa shape index (κ1) is 19.1.